The van der Waals surface area contributed by atoms with Crippen molar-refractivity contribution in [3.8, 4) is 0 Å². The lowest BCUT2D eigenvalue weighted by Crippen LogP contribution is -2.22. The molecule has 0 saturated carbocycles. The predicted molar refractivity (Wildman–Crippen MR) is 45.8 cm³/mol. The maximum Gasteiger partial charge on any atom is 0.294 e. The second-order valence-electron chi connectivity index (χ2n) is 3.23. The smallest absolute Gasteiger partial charge is 0.289 e. The molecule has 1 rings (SSSR count). The highest BCUT2D eigenvalue weighted by molar-refractivity contribution is 6.48. The average molecular weight is 183 g/mol. The van der Waals surface area contributed by atoms with Crippen molar-refractivity contribution in [1.29, 1.82) is 0 Å². The summed E-state index contributed by atoms with van der Waals surface area (Å²) in [5.74, 6) is -2.45. The fraction of sp³-hybridized carbons (Fsp3) is 0.667. The fourth-order valence-corrected chi connectivity index (χ4v) is 1.40. The maximum absolute atomic E-state index is 11.1. The minimum Gasteiger partial charge on any atom is -0.289 e. The topological polar surface area (TPSA) is 63.2 Å². The Morgan fingerprint density at radius 3 is 2.38 bits per heavy atom. The van der Waals surface area contributed by atoms with Gasteiger partial charge in [0.1, 0.15) is 5.92 Å². The molecule has 1 unspecified atom stereocenters. The molecule has 4 nitrogen and oxygen atoms in total. The Kier molecular flexibility index (Phi) is 3.17. The molecule has 0 radical (unpaired) electrons. The van der Waals surface area contributed by atoms with Gasteiger partial charge in [0.15, 0.2) is 0 Å². The highest BCUT2D eigenvalue weighted by atomic mass is 16.2. The zero-order valence-corrected chi connectivity index (χ0v) is 7.63. The van der Waals surface area contributed by atoms with E-state index in [4.69, 9.17) is 0 Å². The van der Waals surface area contributed by atoms with Crippen LogP contribution in [0, 0.1) is 5.92 Å². The Bertz CT molecular complexity index is 247. The van der Waals surface area contributed by atoms with E-state index in [9.17, 15) is 14.4 Å². The van der Waals surface area contributed by atoms with Crippen molar-refractivity contribution in [2.24, 2.45) is 5.92 Å². The van der Waals surface area contributed by atoms with Crippen LogP contribution in [0.3, 0.4) is 0 Å². The van der Waals surface area contributed by atoms with E-state index >= 15 is 0 Å². The van der Waals surface area contributed by atoms with Gasteiger partial charge in [0, 0.05) is 0 Å². The fourth-order valence-electron chi connectivity index (χ4n) is 1.40. The van der Waals surface area contributed by atoms with Crippen LogP contribution in [0.2, 0.25) is 0 Å². The lowest BCUT2D eigenvalue weighted by Gasteiger charge is -2.02. The molecule has 1 heterocycles. The Morgan fingerprint density at radius 1 is 1.23 bits per heavy atom. The third-order valence-corrected chi connectivity index (χ3v) is 2.19. The maximum atomic E-state index is 11.1. The van der Waals surface area contributed by atoms with Crippen LogP contribution in [-0.2, 0) is 14.4 Å². The van der Waals surface area contributed by atoms with E-state index in [1.165, 1.54) is 0 Å². The van der Waals surface area contributed by atoms with Gasteiger partial charge in [0.05, 0.1) is 0 Å². The first-order chi connectivity index (χ1) is 6.16. The van der Waals surface area contributed by atoms with E-state index in [0.29, 0.717) is 6.42 Å². The summed E-state index contributed by atoms with van der Waals surface area (Å²) in [4.78, 5) is 32.9. The number of hydrogen-bond acceptors (Lipinski definition) is 3. The molecule has 1 aliphatic heterocycles. The van der Waals surface area contributed by atoms with Gasteiger partial charge in [0.25, 0.3) is 5.91 Å². The number of rotatable bonds is 4. The first kappa shape index (κ1) is 9.89. The van der Waals surface area contributed by atoms with Gasteiger partial charge in [-0.3, -0.25) is 19.7 Å². The molecular formula is C9H13NO3. The van der Waals surface area contributed by atoms with Crippen LogP contribution in [-0.4, -0.2) is 17.6 Å². The predicted octanol–water partition coefficient (Wildman–Crippen LogP) is 0.408. The van der Waals surface area contributed by atoms with Crippen molar-refractivity contribution < 1.29 is 14.4 Å². The van der Waals surface area contributed by atoms with Gasteiger partial charge in [-0.05, 0) is 6.42 Å². The summed E-state index contributed by atoms with van der Waals surface area (Å²) in [6, 6.07) is 0. The molecule has 0 aromatic heterocycles. The van der Waals surface area contributed by atoms with Gasteiger partial charge in [-0.15, -0.1) is 0 Å². The van der Waals surface area contributed by atoms with E-state index < -0.39 is 23.5 Å². The summed E-state index contributed by atoms with van der Waals surface area (Å²) in [5.41, 5.74) is 0. The molecule has 1 fully saturated rings. The molecule has 1 aliphatic rings. The Balaban J connectivity index is 2.45. The van der Waals surface area contributed by atoms with Crippen LogP contribution >= 0.6 is 0 Å². The van der Waals surface area contributed by atoms with Gasteiger partial charge in [-0.2, -0.15) is 0 Å². The monoisotopic (exact) mass is 183 g/mol. The lowest BCUT2D eigenvalue weighted by molar-refractivity contribution is -0.136. The normalized spacial score (nSPS) is 22.2. The average Bonchev–Trinajstić information content (AvgIpc) is 2.32. The number of carbonyl (C=O) groups excluding carboxylic acids is 3. The minimum absolute atomic E-state index is 0.425. The van der Waals surface area contributed by atoms with E-state index in [1.807, 2.05) is 12.2 Å². The zero-order chi connectivity index (χ0) is 9.84. The van der Waals surface area contributed by atoms with Crippen molar-refractivity contribution in [3.63, 3.8) is 0 Å². The number of nitrogens with one attached hydrogen (secondary N) is 1. The highest BCUT2D eigenvalue weighted by Crippen LogP contribution is 2.15. The van der Waals surface area contributed by atoms with Crippen LogP contribution < -0.4 is 5.32 Å². The number of unbranched alkanes of at least 4 members (excludes halogenated alkanes) is 2. The molecule has 13 heavy (non-hydrogen) atoms. The Hall–Kier alpha value is -1.19. The van der Waals surface area contributed by atoms with Crippen molar-refractivity contribution in [2.75, 3.05) is 0 Å². The van der Waals surface area contributed by atoms with Gasteiger partial charge in [0.2, 0.25) is 11.7 Å². The summed E-state index contributed by atoms with van der Waals surface area (Å²) in [6.45, 7) is 2.04. The van der Waals surface area contributed by atoms with E-state index in [0.717, 1.165) is 19.3 Å². The summed E-state index contributed by atoms with van der Waals surface area (Å²) in [6.07, 6.45) is 3.36. The second kappa shape index (κ2) is 4.16. The number of hydrogen-bond donors (Lipinski definition) is 1. The third kappa shape index (κ3) is 2.14. The summed E-state index contributed by atoms with van der Waals surface area (Å²) < 4.78 is 0. The van der Waals surface area contributed by atoms with E-state index in [1.54, 1.807) is 0 Å². The minimum atomic E-state index is -0.744. The largest absolute Gasteiger partial charge is 0.294 e. The SMILES string of the molecule is CCCCCC1C(=O)NC(=O)C1=O. The van der Waals surface area contributed by atoms with Gasteiger partial charge in [-0.25, -0.2) is 0 Å². The molecule has 0 spiro atoms. The van der Waals surface area contributed by atoms with E-state index in [2.05, 4.69) is 0 Å². The summed E-state index contributed by atoms with van der Waals surface area (Å²) in [7, 11) is 0. The molecule has 1 N–H and O–H groups in total. The van der Waals surface area contributed by atoms with Crippen LogP contribution in [0.4, 0.5) is 0 Å². The number of ketones is 1. The molecule has 2 amide bonds. The van der Waals surface area contributed by atoms with Crippen molar-refractivity contribution in [3.05, 3.63) is 0 Å². The first-order valence-corrected chi connectivity index (χ1v) is 4.56. The number of Topliss-reactive ketones (excluding diaryl/α,β-unsaturated/α-hetero) is 1. The second-order valence-corrected chi connectivity index (χ2v) is 3.23. The van der Waals surface area contributed by atoms with Crippen molar-refractivity contribution in [1.82, 2.24) is 5.32 Å². The zero-order valence-electron chi connectivity index (χ0n) is 7.63. The first-order valence-electron chi connectivity index (χ1n) is 4.56. The molecule has 0 aromatic rings. The standard InChI is InChI=1S/C9H13NO3/c1-2-3-4-5-6-7(11)9(13)10-8(6)12/h6H,2-5H2,1H3,(H,10,12,13). The molecule has 4 heteroatoms. The molecule has 1 atom stereocenters. The van der Waals surface area contributed by atoms with Crippen LogP contribution in [0.25, 0.3) is 0 Å². The van der Waals surface area contributed by atoms with Crippen LogP contribution in [0.15, 0.2) is 0 Å². The lowest BCUT2D eigenvalue weighted by atomic mass is 9.99. The van der Waals surface area contributed by atoms with Crippen molar-refractivity contribution in [2.45, 2.75) is 32.6 Å². The Morgan fingerprint density at radius 2 is 1.92 bits per heavy atom. The molecular weight excluding hydrogens is 170 g/mol. The molecule has 1 saturated heterocycles. The van der Waals surface area contributed by atoms with Crippen LogP contribution in [0.1, 0.15) is 32.6 Å². The molecule has 0 aliphatic carbocycles. The summed E-state index contributed by atoms with van der Waals surface area (Å²) >= 11 is 0. The highest BCUT2D eigenvalue weighted by Gasteiger charge is 2.39. The number of carbonyl (C=O) groups is 3. The quantitative estimate of drug-likeness (QED) is 0.297. The molecule has 72 valence electrons. The third-order valence-electron chi connectivity index (χ3n) is 2.19. The van der Waals surface area contributed by atoms with E-state index in [-0.39, 0.29) is 0 Å². The van der Waals surface area contributed by atoms with Gasteiger partial charge >= 0.3 is 0 Å². The van der Waals surface area contributed by atoms with Crippen molar-refractivity contribution >= 4 is 17.6 Å². The van der Waals surface area contributed by atoms with Crippen LogP contribution in [0.5, 0.6) is 0 Å². The summed E-state index contributed by atoms with van der Waals surface area (Å²) in [5, 5.41) is 2.02. The van der Waals surface area contributed by atoms with Gasteiger partial charge in [-0.1, -0.05) is 26.2 Å². The Labute approximate surface area is 76.7 Å². The molecule has 0 aromatic carbocycles. The number of amides is 2. The number of imide groups is 1. The van der Waals surface area contributed by atoms with Gasteiger partial charge < -0.3 is 0 Å². The molecule has 0 bridgehead atoms.